The van der Waals surface area contributed by atoms with Crippen molar-refractivity contribution < 1.29 is 19.2 Å². The summed E-state index contributed by atoms with van der Waals surface area (Å²) in [5.74, 6) is -0.479. The van der Waals surface area contributed by atoms with Crippen LogP contribution in [-0.4, -0.2) is 32.1 Å². The molecule has 0 saturated heterocycles. The third kappa shape index (κ3) is 2.18. The van der Waals surface area contributed by atoms with Gasteiger partial charge in [-0.2, -0.15) is 0 Å². The summed E-state index contributed by atoms with van der Waals surface area (Å²) in [4.78, 5) is 30.1. The number of carboxylic acid groups (broad SMARTS) is 1. The molecule has 0 unspecified atom stereocenters. The normalized spacial score (nSPS) is 16.2. The molecule has 2 aromatic heterocycles. The van der Waals surface area contributed by atoms with E-state index in [0.29, 0.717) is 30.0 Å². The van der Waals surface area contributed by atoms with E-state index in [-0.39, 0.29) is 11.6 Å². The van der Waals surface area contributed by atoms with Gasteiger partial charge < -0.3 is 19.9 Å². The van der Waals surface area contributed by atoms with Gasteiger partial charge in [0.25, 0.3) is 5.91 Å². The Bertz CT molecular complexity index is 699. The number of aromatic carboxylic acids is 1. The van der Waals surface area contributed by atoms with Crippen LogP contribution in [0.1, 0.15) is 51.7 Å². The van der Waals surface area contributed by atoms with Crippen LogP contribution in [-0.2, 0) is 5.54 Å². The van der Waals surface area contributed by atoms with Crippen molar-refractivity contribution >= 4 is 11.9 Å². The Hall–Kier alpha value is -2.64. The largest absolute Gasteiger partial charge is 0.477 e. The molecule has 3 N–H and O–H groups in total. The zero-order valence-corrected chi connectivity index (χ0v) is 11.3. The summed E-state index contributed by atoms with van der Waals surface area (Å²) in [5.41, 5.74) is -0.271. The van der Waals surface area contributed by atoms with Gasteiger partial charge >= 0.3 is 5.97 Å². The molecule has 0 aliphatic heterocycles. The predicted molar refractivity (Wildman–Crippen MR) is 69.8 cm³/mol. The van der Waals surface area contributed by atoms with Crippen molar-refractivity contribution in [1.29, 1.82) is 0 Å². The van der Waals surface area contributed by atoms with E-state index >= 15 is 0 Å². The predicted octanol–water partition coefficient (Wildman–Crippen LogP) is 1.21. The molecule has 2 aromatic rings. The first kappa shape index (κ1) is 13.3. The van der Waals surface area contributed by atoms with E-state index in [9.17, 15) is 9.59 Å². The molecule has 1 fully saturated rings. The van der Waals surface area contributed by atoms with Crippen molar-refractivity contribution in [1.82, 2.24) is 20.4 Å². The third-order valence-corrected chi connectivity index (χ3v) is 3.81. The highest BCUT2D eigenvalue weighted by Crippen LogP contribution is 2.40. The fourth-order valence-electron chi connectivity index (χ4n) is 2.43. The number of hydrogen-bond acceptors (Lipinski definition) is 5. The maximum absolute atomic E-state index is 12.3. The number of nitrogens with one attached hydrogen (secondary N) is 2. The Morgan fingerprint density at radius 1 is 1.43 bits per heavy atom. The Morgan fingerprint density at radius 3 is 2.67 bits per heavy atom. The lowest BCUT2D eigenvalue weighted by molar-refractivity contribution is 0.0690. The fraction of sp³-hybridized carbons (Fsp3) is 0.385. The van der Waals surface area contributed by atoms with Crippen LogP contribution < -0.4 is 5.32 Å². The standard InChI is InChI=1S/C13H14N4O4/c1-7-8(5-15-21-7)10(18)17-13(3-2-4-13)12-14-6-9(16-12)11(19)20/h5-6H,2-4H2,1H3,(H,14,16)(H,17,18)(H,19,20). The maximum atomic E-state index is 12.3. The second kappa shape index (κ2) is 4.72. The van der Waals surface area contributed by atoms with Crippen LogP contribution in [0.25, 0.3) is 0 Å². The van der Waals surface area contributed by atoms with Gasteiger partial charge in [0.15, 0.2) is 0 Å². The highest BCUT2D eigenvalue weighted by molar-refractivity contribution is 5.95. The number of hydrogen-bond donors (Lipinski definition) is 3. The Kier molecular flexibility index (Phi) is 3.00. The zero-order valence-electron chi connectivity index (χ0n) is 11.3. The van der Waals surface area contributed by atoms with Crippen molar-refractivity contribution in [3.05, 3.63) is 35.2 Å². The second-order valence-corrected chi connectivity index (χ2v) is 5.14. The van der Waals surface area contributed by atoms with Gasteiger partial charge in [-0.1, -0.05) is 5.16 Å². The summed E-state index contributed by atoms with van der Waals surface area (Å²) >= 11 is 0. The van der Waals surface area contributed by atoms with Gasteiger partial charge in [0, 0.05) is 0 Å². The smallest absolute Gasteiger partial charge is 0.353 e. The molecule has 0 spiro atoms. The molecule has 1 aliphatic carbocycles. The van der Waals surface area contributed by atoms with Gasteiger partial charge in [-0.3, -0.25) is 4.79 Å². The number of aromatic nitrogens is 3. The summed E-state index contributed by atoms with van der Waals surface area (Å²) in [6.45, 7) is 1.66. The lowest BCUT2D eigenvalue weighted by Crippen LogP contribution is -2.51. The average molecular weight is 290 g/mol. The number of aryl methyl sites for hydroxylation is 1. The second-order valence-electron chi connectivity index (χ2n) is 5.14. The molecule has 2 heterocycles. The lowest BCUT2D eigenvalue weighted by Gasteiger charge is -2.40. The van der Waals surface area contributed by atoms with Crippen LogP contribution in [0, 0.1) is 6.92 Å². The van der Waals surface area contributed by atoms with Crippen molar-refractivity contribution in [3.63, 3.8) is 0 Å². The van der Waals surface area contributed by atoms with Crippen molar-refractivity contribution in [2.45, 2.75) is 31.7 Å². The van der Waals surface area contributed by atoms with E-state index < -0.39 is 11.5 Å². The zero-order chi connectivity index (χ0) is 15.0. The van der Waals surface area contributed by atoms with E-state index in [1.807, 2.05) is 0 Å². The summed E-state index contributed by atoms with van der Waals surface area (Å²) in [7, 11) is 0. The number of carbonyl (C=O) groups is 2. The van der Waals surface area contributed by atoms with Crippen LogP contribution in [0.2, 0.25) is 0 Å². The van der Waals surface area contributed by atoms with E-state index in [1.54, 1.807) is 6.92 Å². The van der Waals surface area contributed by atoms with Gasteiger partial charge in [-0.25, -0.2) is 9.78 Å². The number of nitrogens with zero attached hydrogens (tertiary/aromatic N) is 2. The number of H-pyrrole nitrogens is 1. The molecule has 0 aromatic carbocycles. The van der Waals surface area contributed by atoms with Crippen LogP contribution in [0.4, 0.5) is 0 Å². The minimum atomic E-state index is -1.08. The Balaban J connectivity index is 1.85. The van der Waals surface area contributed by atoms with Crippen LogP contribution >= 0.6 is 0 Å². The van der Waals surface area contributed by atoms with Crippen molar-refractivity contribution in [3.8, 4) is 0 Å². The monoisotopic (exact) mass is 290 g/mol. The number of aromatic amines is 1. The van der Waals surface area contributed by atoms with E-state index in [2.05, 4.69) is 20.4 Å². The summed E-state index contributed by atoms with van der Waals surface area (Å²) in [6.07, 6.45) is 4.97. The maximum Gasteiger partial charge on any atom is 0.353 e. The van der Waals surface area contributed by atoms with Gasteiger partial charge in [0.1, 0.15) is 22.8 Å². The summed E-state index contributed by atoms with van der Waals surface area (Å²) in [6, 6.07) is 0. The lowest BCUT2D eigenvalue weighted by atomic mass is 9.76. The molecule has 0 bridgehead atoms. The molecule has 1 saturated carbocycles. The number of amides is 1. The van der Waals surface area contributed by atoms with E-state index in [4.69, 9.17) is 9.63 Å². The first-order valence-corrected chi connectivity index (χ1v) is 6.54. The molecule has 1 aliphatic rings. The molecule has 0 radical (unpaired) electrons. The molecule has 8 heteroatoms. The minimum Gasteiger partial charge on any atom is -0.477 e. The van der Waals surface area contributed by atoms with Crippen molar-refractivity contribution in [2.24, 2.45) is 0 Å². The highest BCUT2D eigenvalue weighted by atomic mass is 16.5. The number of carboxylic acids is 1. The average Bonchev–Trinajstić information content (AvgIpc) is 3.02. The molecular weight excluding hydrogens is 276 g/mol. The fourth-order valence-corrected chi connectivity index (χ4v) is 2.43. The minimum absolute atomic E-state index is 0.00619. The molecule has 8 nitrogen and oxygen atoms in total. The quantitative estimate of drug-likeness (QED) is 0.778. The number of carbonyl (C=O) groups excluding carboxylic acids is 1. The third-order valence-electron chi connectivity index (χ3n) is 3.81. The van der Waals surface area contributed by atoms with Crippen LogP contribution in [0.3, 0.4) is 0 Å². The molecule has 3 rings (SSSR count). The number of rotatable bonds is 4. The van der Waals surface area contributed by atoms with Crippen LogP contribution in [0.5, 0.6) is 0 Å². The molecule has 0 atom stereocenters. The SMILES string of the molecule is Cc1oncc1C(=O)NC1(c2ncc(C(=O)O)[nH]2)CCC1. The van der Waals surface area contributed by atoms with E-state index in [0.717, 1.165) is 6.42 Å². The molecule has 21 heavy (non-hydrogen) atoms. The van der Waals surface area contributed by atoms with Gasteiger partial charge in [0.2, 0.25) is 0 Å². The highest BCUT2D eigenvalue weighted by Gasteiger charge is 2.43. The molecule has 110 valence electrons. The Labute approximate surface area is 119 Å². The van der Waals surface area contributed by atoms with E-state index in [1.165, 1.54) is 12.4 Å². The van der Waals surface area contributed by atoms with Gasteiger partial charge in [-0.15, -0.1) is 0 Å². The van der Waals surface area contributed by atoms with Crippen molar-refractivity contribution in [2.75, 3.05) is 0 Å². The topological polar surface area (TPSA) is 121 Å². The first-order chi connectivity index (χ1) is 10.0. The van der Waals surface area contributed by atoms with Gasteiger partial charge in [0.05, 0.1) is 17.9 Å². The van der Waals surface area contributed by atoms with Gasteiger partial charge in [-0.05, 0) is 26.2 Å². The summed E-state index contributed by atoms with van der Waals surface area (Å²) in [5, 5.41) is 15.4. The number of imidazole rings is 1. The summed E-state index contributed by atoms with van der Waals surface area (Å²) < 4.78 is 4.88. The molecule has 1 amide bonds. The van der Waals surface area contributed by atoms with Crippen LogP contribution in [0.15, 0.2) is 16.9 Å². The Morgan fingerprint density at radius 2 is 2.19 bits per heavy atom. The molecular formula is C13H14N4O4. The first-order valence-electron chi connectivity index (χ1n) is 6.54.